The molecular weight excluding hydrogens is 364 g/mol. The SMILES string of the molecule is CCNc1ccc(S(=O)(=O)C(F)F)cc1NC(=O)C(C)CNC.Cl. The third kappa shape index (κ3) is 5.57. The van der Waals surface area contributed by atoms with Gasteiger partial charge in [-0.15, -0.1) is 12.4 Å². The van der Waals surface area contributed by atoms with Crippen molar-refractivity contribution in [2.24, 2.45) is 5.92 Å². The van der Waals surface area contributed by atoms with Gasteiger partial charge in [0.2, 0.25) is 15.7 Å². The summed E-state index contributed by atoms with van der Waals surface area (Å²) in [6, 6.07) is 3.49. The molecule has 0 bridgehead atoms. The van der Waals surface area contributed by atoms with Crippen LogP contribution < -0.4 is 16.0 Å². The first-order valence-electron chi connectivity index (χ1n) is 7.09. The Balaban J connectivity index is 0.00000529. The van der Waals surface area contributed by atoms with Gasteiger partial charge in [-0.2, -0.15) is 8.78 Å². The second kappa shape index (κ2) is 9.75. The van der Waals surface area contributed by atoms with Crippen LogP contribution in [0.15, 0.2) is 23.1 Å². The average molecular weight is 386 g/mol. The summed E-state index contributed by atoms with van der Waals surface area (Å²) in [5.74, 6) is -4.23. The van der Waals surface area contributed by atoms with Crippen LogP contribution in [0.1, 0.15) is 13.8 Å². The molecule has 0 aliphatic carbocycles. The van der Waals surface area contributed by atoms with Crippen LogP contribution in [-0.2, 0) is 14.6 Å². The number of hydrogen-bond donors (Lipinski definition) is 3. The highest BCUT2D eigenvalue weighted by Crippen LogP contribution is 2.28. The maximum absolute atomic E-state index is 12.7. The fourth-order valence-electron chi connectivity index (χ4n) is 1.91. The summed E-state index contributed by atoms with van der Waals surface area (Å²) >= 11 is 0. The highest BCUT2D eigenvalue weighted by Gasteiger charge is 2.27. The van der Waals surface area contributed by atoms with E-state index in [4.69, 9.17) is 0 Å². The first kappa shape index (κ1) is 22.6. The minimum absolute atomic E-state index is 0. The Morgan fingerprint density at radius 1 is 1.25 bits per heavy atom. The van der Waals surface area contributed by atoms with Crippen molar-refractivity contribution in [3.63, 3.8) is 0 Å². The predicted molar refractivity (Wildman–Crippen MR) is 92.8 cm³/mol. The molecule has 1 rings (SSSR count). The third-order valence-electron chi connectivity index (χ3n) is 3.14. The number of halogens is 3. The minimum atomic E-state index is -4.72. The van der Waals surface area contributed by atoms with Gasteiger partial charge in [-0.3, -0.25) is 4.79 Å². The number of rotatable bonds is 8. The summed E-state index contributed by atoms with van der Waals surface area (Å²) in [4.78, 5) is 11.5. The maximum Gasteiger partial charge on any atom is 0.341 e. The van der Waals surface area contributed by atoms with Gasteiger partial charge in [0.25, 0.3) is 0 Å². The average Bonchev–Trinajstić information content (AvgIpc) is 2.49. The highest BCUT2D eigenvalue weighted by atomic mass is 35.5. The van der Waals surface area contributed by atoms with Crippen LogP contribution in [-0.4, -0.2) is 40.2 Å². The lowest BCUT2D eigenvalue weighted by atomic mass is 10.1. The second-order valence-electron chi connectivity index (χ2n) is 4.99. The summed E-state index contributed by atoms with van der Waals surface area (Å²) in [6.45, 7) is 4.46. The molecule has 1 aromatic carbocycles. The quantitative estimate of drug-likeness (QED) is 0.639. The fraction of sp³-hybridized carbons (Fsp3) is 0.500. The van der Waals surface area contributed by atoms with Crippen LogP contribution in [0, 0.1) is 5.92 Å². The first-order valence-corrected chi connectivity index (χ1v) is 8.64. The fourth-order valence-corrected chi connectivity index (χ4v) is 2.65. The molecular formula is C14H22ClF2N3O3S. The molecule has 1 amide bonds. The van der Waals surface area contributed by atoms with E-state index in [1.807, 2.05) is 6.92 Å². The zero-order valence-electron chi connectivity index (χ0n) is 13.6. The molecule has 0 fully saturated rings. The summed E-state index contributed by atoms with van der Waals surface area (Å²) in [5, 5.41) is 8.38. The number of sulfone groups is 1. The van der Waals surface area contributed by atoms with E-state index in [1.54, 1.807) is 14.0 Å². The van der Waals surface area contributed by atoms with Gasteiger partial charge in [-0.25, -0.2) is 8.42 Å². The first-order chi connectivity index (χ1) is 10.7. The minimum Gasteiger partial charge on any atom is -0.384 e. The van der Waals surface area contributed by atoms with Crippen LogP contribution in [0.3, 0.4) is 0 Å². The Labute approximate surface area is 146 Å². The van der Waals surface area contributed by atoms with E-state index in [1.165, 1.54) is 6.07 Å². The smallest absolute Gasteiger partial charge is 0.341 e. The van der Waals surface area contributed by atoms with Gasteiger partial charge < -0.3 is 16.0 Å². The molecule has 0 saturated heterocycles. The van der Waals surface area contributed by atoms with Crippen LogP contribution in [0.2, 0.25) is 0 Å². The van der Waals surface area contributed by atoms with E-state index < -0.39 is 20.5 Å². The number of anilines is 2. The Bertz CT molecular complexity index is 657. The van der Waals surface area contributed by atoms with Gasteiger partial charge in [0, 0.05) is 19.0 Å². The number of carbonyl (C=O) groups excluding carboxylic acids is 1. The van der Waals surface area contributed by atoms with Crippen molar-refractivity contribution >= 4 is 39.5 Å². The van der Waals surface area contributed by atoms with E-state index >= 15 is 0 Å². The molecule has 24 heavy (non-hydrogen) atoms. The molecule has 6 nitrogen and oxygen atoms in total. The van der Waals surface area contributed by atoms with Crippen molar-refractivity contribution in [1.82, 2.24) is 5.32 Å². The van der Waals surface area contributed by atoms with E-state index in [0.717, 1.165) is 12.1 Å². The predicted octanol–water partition coefficient (Wildman–Crippen LogP) is 2.33. The van der Waals surface area contributed by atoms with Gasteiger partial charge in [-0.1, -0.05) is 6.92 Å². The molecule has 0 radical (unpaired) electrons. The summed E-state index contributed by atoms with van der Waals surface area (Å²) in [7, 11) is -3.02. The molecule has 1 atom stereocenters. The van der Waals surface area contributed by atoms with Gasteiger partial charge in [0.05, 0.1) is 16.3 Å². The molecule has 0 aromatic heterocycles. The second-order valence-corrected chi connectivity index (χ2v) is 6.91. The molecule has 1 aromatic rings. The normalized spacial score (nSPS) is 12.4. The molecule has 0 spiro atoms. The Hall–Kier alpha value is -1.45. The standard InChI is InChI=1S/C14H21F2N3O3S.ClH/c1-4-18-11-6-5-10(23(21,22)14(15)16)7-12(11)19-13(20)9(2)8-17-3;/h5-7,9,14,17-18H,4,8H2,1-3H3,(H,19,20);1H. The molecule has 10 heteroatoms. The topological polar surface area (TPSA) is 87.3 Å². The number of carbonyl (C=O) groups is 1. The van der Waals surface area contributed by atoms with Crippen molar-refractivity contribution in [3.05, 3.63) is 18.2 Å². The van der Waals surface area contributed by atoms with Gasteiger partial charge in [-0.05, 0) is 32.2 Å². The third-order valence-corrected chi connectivity index (χ3v) is 4.52. The van der Waals surface area contributed by atoms with Crippen molar-refractivity contribution in [1.29, 1.82) is 0 Å². The lowest BCUT2D eigenvalue weighted by Gasteiger charge is -2.16. The van der Waals surface area contributed by atoms with Crippen molar-refractivity contribution in [2.75, 3.05) is 30.8 Å². The number of nitrogens with one attached hydrogen (secondary N) is 3. The molecule has 0 aliphatic rings. The zero-order chi connectivity index (χ0) is 17.6. The highest BCUT2D eigenvalue weighted by molar-refractivity contribution is 7.91. The van der Waals surface area contributed by atoms with Crippen LogP contribution in [0.5, 0.6) is 0 Å². The van der Waals surface area contributed by atoms with Gasteiger partial charge in [0.1, 0.15) is 0 Å². The number of hydrogen-bond acceptors (Lipinski definition) is 5. The molecule has 3 N–H and O–H groups in total. The number of amides is 1. The van der Waals surface area contributed by atoms with Crippen LogP contribution in [0.4, 0.5) is 20.2 Å². The summed E-state index contributed by atoms with van der Waals surface area (Å²) in [6.07, 6.45) is 0. The molecule has 1 unspecified atom stereocenters. The summed E-state index contributed by atoms with van der Waals surface area (Å²) in [5.41, 5.74) is 0.618. The van der Waals surface area contributed by atoms with Crippen LogP contribution >= 0.6 is 12.4 Å². The summed E-state index contributed by atoms with van der Waals surface area (Å²) < 4.78 is 48.5. The lowest BCUT2D eigenvalue weighted by Crippen LogP contribution is -2.29. The Kier molecular flexibility index (Phi) is 9.16. The van der Waals surface area contributed by atoms with Crippen molar-refractivity contribution < 1.29 is 22.0 Å². The Morgan fingerprint density at radius 2 is 1.88 bits per heavy atom. The van der Waals surface area contributed by atoms with E-state index in [0.29, 0.717) is 18.8 Å². The van der Waals surface area contributed by atoms with Crippen molar-refractivity contribution in [3.8, 4) is 0 Å². The lowest BCUT2D eigenvalue weighted by molar-refractivity contribution is -0.119. The van der Waals surface area contributed by atoms with Crippen molar-refractivity contribution in [2.45, 2.75) is 24.5 Å². The molecule has 0 aliphatic heterocycles. The van der Waals surface area contributed by atoms with Gasteiger partial charge in [0.15, 0.2) is 0 Å². The van der Waals surface area contributed by atoms with Gasteiger partial charge >= 0.3 is 5.76 Å². The number of alkyl halides is 2. The van der Waals surface area contributed by atoms with E-state index in [9.17, 15) is 22.0 Å². The molecule has 0 heterocycles. The van der Waals surface area contributed by atoms with E-state index in [-0.39, 0.29) is 29.9 Å². The molecule has 138 valence electrons. The largest absolute Gasteiger partial charge is 0.384 e. The zero-order valence-corrected chi connectivity index (χ0v) is 15.2. The number of benzene rings is 1. The van der Waals surface area contributed by atoms with E-state index in [2.05, 4.69) is 16.0 Å². The Morgan fingerprint density at radius 3 is 2.38 bits per heavy atom. The monoisotopic (exact) mass is 385 g/mol. The maximum atomic E-state index is 12.7. The molecule has 0 saturated carbocycles. The van der Waals surface area contributed by atoms with Crippen LogP contribution in [0.25, 0.3) is 0 Å².